The topological polar surface area (TPSA) is 87.7 Å². The molecule has 2 N–H and O–H groups in total. The summed E-state index contributed by atoms with van der Waals surface area (Å²) in [5.41, 5.74) is 5.54. The van der Waals surface area contributed by atoms with Crippen LogP contribution in [0.4, 0.5) is 5.13 Å². The number of hydrazone groups is 1. The van der Waals surface area contributed by atoms with Crippen LogP contribution in [0.5, 0.6) is 0 Å². The third kappa shape index (κ3) is 3.62. The molecule has 0 aliphatic heterocycles. The number of furan rings is 1. The third-order valence-electron chi connectivity index (χ3n) is 3.56. The first-order valence-electron chi connectivity index (χ1n) is 7.50. The highest BCUT2D eigenvalue weighted by Gasteiger charge is 2.11. The molecule has 0 unspecified atom stereocenters. The van der Waals surface area contributed by atoms with Crippen molar-refractivity contribution in [2.45, 2.75) is 26.7 Å². The number of para-hydroxylation sites is 1. The molecule has 0 bridgehead atoms. The largest absolute Gasteiger partial charge is 0.481 e. The summed E-state index contributed by atoms with van der Waals surface area (Å²) in [7, 11) is 0. The summed E-state index contributed by atoms with van der Waals surface area (Å²) < 4.78 is 6.70. The molecule has 2 aromatic heterocycles. The summed E-state index contributed by atoms with van der Waals surface area (Å²) >= 11 is 1.54. The minimum Gasteiger partial charge on any atom is -0.481 e. The Morgan fingerprint density at radius 3 is 2.96 bits per heavy atom. The van der Waals surface area contributed by atoms with E-state index >= 15 is 0 Å². The van der Waals surface area contributed by atoms with Gasteiger partial charge in [-0.2, -0.15) is 5.10 Å². The lowest BCUT2D eigenvalue weighted by Crippen LogP contribution is -2.00. The van der Waals surface area contributed by atoms with Gasteiger partial charge < -0.3 is 9.52 Å². The summed E-state index contributed by atoms with van der Waals surface area (Å²) in [4.78, 5) is 15.1. The van der Waals surface area contributed by atoms with E-state index in [1.165, 1.54) is 11.3 Å². The van der Waals surface area contributed by atoms with Crippen LogP contribution >= 0.6 is 11.3 Å². The molecule has 0 saturated heterocycles. The molecule has 0 aliphatic rings. The number of carboxylic acids is 1. The molecular weight excluding hydrogens is 326 g/mol. The fourth-order valence-corrected chi connectivity index (χ4v) is 3.18. The maximum absolute atomic E-state index is 10.7. The number of hydrogen-bond donors (Lipinski definition) is 2. The Bertz CT molecular complexity index is 878. The van der Waals surface area contributed by atoms with Crippen molar-refractivity contribution in [1.82, 2.24) is 4.98 Å². The fraction of sp³-hybridized carbons (Fsp3) is 0.235. The van der Waals surface area contributed by atoms with Gasteiger partial charge in [-0.15, -0.1) is 0 Å². The van der Waals surface area contributed by atoms with Gasteiger partial charge in [0.15, 0.2) is 0 Å². The van der Waals surface area contributed by atoms with Crippen LogP contribution in [0.15, 0.2) is 39.9 Å². The Labute approximate surface area is 142 Å². The monoisotopic (exact) mass is 343 g/mol. The predicted octanol–water partition coefficient (Wildman–Crippen LogP) is 4.05. The molecule has 3 rings (SSSR count). The van der Waals surface area contributed by atoms with Crippen LogP contribution < -0.4 is 5.43 Å². The second-order valence-electron chi connectivity index (χ2n) is 5.37. The van der Waals surface area contributed by atoms with Crippen molar-refractivity contribution in [2.24, 2.45) is 5.10 Å². The van der Waals surface area contributed by atoms with Gasteiger partial charge in [-0.25, -0.2) is 4.98 Å². The van der Waals surface area contributed by atoms with E-state index in [2.05, 4.69) is 15.5 Å². The number of hydrogen-bond acceptors (Lipinski definition) is 6. The molecule has 0 saturated carbocycles. The van der Waals surface area contributed by atoms with Gasteiger partial charge in [0.05, 0.1) is 22.3 Å². The molecule has 7 heteroatoms. The Morgan fingerprint density at radius 1 is 1.42 bits per heavy atom. The molecule has 24 heavy (non-hydrogen) atoms. The lowest BCUT2D eigenvalue weighted by molar-refractivity contribution is -0.137. The second kappa shape index (κ2) is 6.84. The number of aromatic nitrogens is 1. The van der Waals surface area contributed by atoms with E-state index in [4.69, 9.17) is 9.52 Å². The molecular formula is C17H17N3O3S. The molecule has 0 radical (unpaired) electrons. The molecule has 124 valence electrons. The number of carboxylic acid groups (broad SMARTS) is 1. The summed E-state index contributed by atoms with van der Waals surface area (Å²) in [6, 6.07) is 9.75. The van der Waals surface area contributed by atoms with Crippen molar-refractivity contribution in [3.8, 4) is 0 Å². The molecule has 0 aliphatic carbocycles. The van der Waals surface area contributed by atoms with Gasteiger partial charge in [-0.3, -0.25) is 10.2 Å². The fourth-order valence-electron chi connectivity index (χ4n) is 2.37. The third-order valence-corrected chi connectivity index (χ3v) is 4.50. The zero-order valence-electron chi connectivity index (χ0n) is 13.4. The summed E-state index contributed by atoms with van der Waals surface area (Å²) in [5, 5.41) is 13.8. The van der Waals surface area contributed by atoms with Crippen LogP contribution in [-0.2, 0) is 11.2 Å². The molecule has 0 fully saturated rings. The first-order chi connectivity index (χ1) is 11.5. The normalized spacial score (nSPS) is 11.8. The number of aliphatic carboxylic acids is 1. The van der Waals surface area contributed by atoms with Gasteiger partial charge in [0, 0.05) is 12.0 Å². The van der Waals surface area contributed by atoms with E-state index in [1.54, 1.807) is 0 Å². The number of benzene rings is 1. The zero-order valence-corrected chi connectivity index (χ0v) is 14.2. The average molecular weight is 343 g/mol. The van der Waals surface area contributed by atoms with Crippen molar-refractivity contribution >= 4 is 38.4 Å². The standard InChI is InChI=1S/C17H17N3O3S/c1-10(13-9-12(23-11(13)2)7-8-16(21)22)19-20-17-18-14-5-3-4-6-15(14)24-17/h3-6,9H,7-8H2,1-2H3,(H,18,20)(H,21,22)/b19-10-. The van der Waals surface area contributed by atoms with E-state index in [0.29, 0.717) is 12.2 Å². The number of rotatable bonds is 6. The minimum absolute atomic E-state index is 0.0482. The maximum Gasteiger partial charge on any atom is 0.303 e. The van der Waals surface area contributed by atoms with Crippen LogP contribution in [0.3, 0.4) is 0 Å². The second-order valence-corrected chi connectivity index (χ2v) is 6.40. The highest BCUT2D eigenvalue weighted by Crippen LogP contribution is 2.25. The molecule has 1 aromatic carbocycles. The van der Waals surface area contributed by atoms with Crippen LogP contribution in [0.25, 0.3) is 10.2 Å². The average Bonchev–Trinajstić information content (AvgIpc) is 3.13. The zero-order chi connectivity index (χ0) is 17.1. The molecule has 2 heterocycles. The van der Waals surface area contributed by atoms with Gasteiger partial charge in [-0.05, 0) is 32.0 Å². The Kier molecular flexibility index (Phi) is 4.61. The van der Waals surface area contributed by atoms with Gasteiger partial charge in [0.25, 0.3) is 0 Å². The number of fused-ring (bicyclic) bond motifs is 1. The van der Waals surface area contributed by atoms with Crippen molar-refractivity contribution in [2.75, 3.05) is 5.43 Å². The van der Waals surface area contributed by atoms with E-state index in [-0.39, 0.29) is 6.42 Å². The number of carbonyl (C=O) groups is 1. The van der Waals surface area contributed by atoms with E-state index in [9.17, 15) is 4.79 Å². The summed E-state index contributed by atoms with van der Waals surface area (Å²) in [6.45, 7) is 3.72. The smallest absolute Gasteiger partial charge is 0.303 e. The SMILES string of the molecule is C/C(=N/Nc1nc2ccccc2s1)c1cc(CCC(=O)O)oc1C. The van der Waals surface area contributed by atoms with Crippen LogP contribution in [0.2, 0.25) is 0 Å². The van der Waals surface area contributed by atoms with Gasteiger partial charge in [0.1, 0.15) is 11.5 Å². The van der Waals surface area contributed by atoms with Crippen molar-refractivity contribution in [3.05, 3.63) is 47.4 Å². The van der Waals surface area contributed by atoms with Crippen LogP contribution in [0, 0.1) is 6.92 Å². The van der Waals surface area contributed by atoms with Gasteiger partial charge in [-0.1, -0.05) is 23.5 Å². The Balaban J connectivity index is 1.74. The molecule has 6 nitrogen and oxygen atoms in total. The van der Waals surface area contributed by atoms with Gasteiger partial charge >= 0.3 is 5.97 Å². The van der Waals surface area contributed by atoms with E-state index < -0.39 is 5.97 Å². The first kappa shape index (κ1) is 16.2. The quantitative estimate of drug-likeness (QED) is 0.521. The number of thiazole rings is 1. The highest BCUT2D eigenvalue weighted by atomic mass is 32.1. The molecule has 0 spiro atoms. The highest BCUT2D eigenvalue weighted by molar-refractivity contribution is 7.22. The number of nitrogens with one attached hydrogen (secondary N) is 1. The van der Waals surface area contributed by atoms with E-state index in [1.807, 2.05) is 44.2 Å². The lowest BCUT2D eigenvalue weighted by Gasteiger charge is -1.98. The lowest BCUT2D eigenvalue weighted by atomic mass is 10.1. The van der Waals surface area contributed by atoms with Crippen molar-refractivity contribution in [1.29, 1.82) is 0 Å². The summed E-state index contributed by atoms with van der Waals surface area (Å²) in [6.07, 6.45) is 0.418. The number of anilines is 1. The molecule has 0 atom stereocenters. The molecule has 3 aromatic rings. The number of nitrogens with zero attached hydrogens (tertiary/aromatic N) is 2. The maximum atomic E-state index is 10.7. The summed E-state index contributed by atoms with van der Waals surface area (Å²) in [5.74, 6) is 0.538. The predicted molar refractivity (Wildman–Crippen MR) is 94.9 cm³/mol. The van der Waals surface area contributed by atoms with Crippen LogP contribution in [-0.4, -0.2) is 21.8 Å². The Hall–Kier alpha value is -2.67. The van der Waals surface area contributed by atoms with Crippen molar-refractivity contribution in [3.63, 3.8) is 0 Å². The number of aryl methyl sites for hydroxylation is 2. The first-order valence-corrected chi connectivity index (χ1v) is 8.32. The molecule has 0 amide bonds. The van der Waals surface area contributed by atoms with Crippen molar-refractivity contribution < 1.29 is 14.3 Å². The van der Waals surface area contributed by atoms with Crippen LogP contribution in [0.1, 0.15) is 30.4 Å². The minimum atomic E-state index is -0.839. The Morgan fingerprint density at radius 2 is 2.21 bits per heavy atom. The van der Waals surface area contributed by atoms with E-state index in [0.717, 1.165) is 32.4 Å². The van der Waals surface area contributed by atoms with Gasteiger partial charge in [0.2, 0.25) is 5.13 Å².